The fourth-order valence-electron chi connectivity index (χ4n) is 3.58. The van der Waals surface area contributed by atoms with E-state index in [0.29, 0.717) is 12.2 Å². The molecule has 2 heterocycles. The maximum Gasteiger partial charge on any atom is 0.416 e. The first-order chi connectivity index (χ1) is 13.4. The largest absolute Gasteiger partial charge is 0.416 e. The molecule has 0 saturated heterocycles. The third-order valence-corrected chi connectivity index (χ3v) is 7.34. The lowest BCUT2D eigenvalue weighted by Gasteiger charge is -2.35. The number of hydroxylamine groups is 1. The maximum absolute atomic E-state index is 12.9. The molecule has 0 unspecified atom stereocenters. The van der Waals surface area contributed by atoms with Gasteiger partial charge in [0.15, 0.2) is 0 Å². The third-order valence-electron chi connectivity index (χ3n) is 4.87. The van der Waals surface area contributed by atoms with Crippen molar-refractivity contribution in [2.24, 2.45) is 4.99 Å². The average molecular weight is 426 g/mol. The van der Waals surface area contributed by atoms with E-state index in [2.05, 4.69) is 16.4 Å². The number of benzene rings is 2. The summed E-state index contributed by atoms with van der Waals surface area (Å²) in [5.41, 5.74) is 1.94. The van der Waals surface area contributed by atoms with Crippen LogP contribution < -0.4 is 10.4 Å². The zero-order valence-electron chi connectivity index (χ0n) is 15.2. The summed E-state index contributed by atoms with van der Waals surface area (Å²) in [6.07, 6.45) is -2.70. The van der Waals surface area contributed by atoms with Crippen molar-refractivity contribution in [2.75, 3.05) is 30.3 Å². The van der Waals surface area contributed by atoms with Gasteiger partial charge in [0, 0.05) is 11.3 Å². The minimum Gasteiger partial charge on any atom is -0.362 e. The van der Waals surface area contributed by atoms with Crippen LogP contribution in [0.25, 0.3) is 0 Å². The highest BCUT2D eigenvalue weighted by Crippen LogP contribution is 2.56. The van der Waals surface area contributed by atoms with Gasteiger partial charge in [-0.05, 0) is 36.6 Å². The average Bonchev–Trinajstić information content (AvgIpc) is 3.23. The van der Waals surface area contributed by atoms with Gasteiger partial charge < -0.3 is 5.32 Å². The molecule has 0 aromatic heterocycles. The van der Waals surface area contributed by atoms with Crippen LogP contribution in [0.2, 0.25) is 0 Å². The van der Waals surface area contributed by atoms with E-state index < -0.39 is 16.5 Å². The van der Waals surface area contributed by atoms with Gasteiger partial charge in [0.05, 0.1) is 24.9 Å². The number of nitrogens with one attached hydrogen (secondary N) is 1. The Balaban J connectivity index is 1.70. The minimum atomic E-state index is -4.36. The number of rotatable bonds is 3. The SMILES string of the molecule is CON1c2ccccc2[C@@]2(CN=C(SC)S2)[C@@H]1Nc1ccc(C(F)(F)F)cc1. The van der Waals surface area contributed by atoms with E-state index >= 15 is 0 Å². The van der Waals surface area contributed by atoms with Crippen molar-refractivity contribution in [3.8, 4) is 0 Å². The van der Waals surface area contributed by atoms with Crippen LogP contribution in [0, 0.1) is 0 Å². The van der Waals surface area contributed by atoms with Crippen molar-refractivity contribution in [3.63, 3.8) is 0 Å². The molecule has 2 atom stereocenters. The summed E-state index contributed by atoms with van der Waals surface area (Å²) in [5, 5.41) is 5.15. The topological polar surface area (TPSA) is 36.9 Å². The van der Waals surface area contributed by atoms with Crippen LogP contribution in [0.4, 0.5) is 24.5 Å². The molecular formula is C19H18F3N3OS2. The summed E-state index contributed by atoms with van der Waals surface area (Å²) >= 11 is 3.26. The Labute approximate surface area is 169 Å². The number of hydrogen-bond donors (Lipinski definition) is 1. The van der Waals surface area contributed by atoms with Gasteiger partial charge in [0.1, 0.15) is 15.3 Å². The first-order valence-corrected chi connectivity index (χ1v) is 10.6. The van der Waals surface area contributed by atoms with Gasteiger partial charge in [0.2, 0.25) is 0 Å². The molecule has 0 aliphatic carbocycles. The third kappa shape index (κ3) is 3.15. The van der Waals surface area contributed by atoms with Gasteiger partial charge in [-0.3, -0.25) is 9.83 Å². The standard InChI is InChI=1S/C19H18F3N3OS2/c1-26-25-15-6-4-3-5-14(15)18(11-23-17(27-2)28-18)16(25)24-13-9-7-12(8-10-13)19(20,21)22/h3-10,16,24H,11H2,1-2H3/t16-,18+/m1/s1. The van der Waals surface area contributed by atoms with E-state index in [1.165, 1.54) is 12.1 Å². The van der Waals surface area contributed by atoms with Crippen molar-refractivity contribution in [1.29, 1.82) is 0 Å². The van der Waals surface area contributed by atoms with E-state index in [4.69, 9.17) is 4.84 Å². The predicted octanol–water partition coefficient (Wildman–Crippen LogP) is 5.19. The molecule has 28 heavy (non-hydrogen) atoms. The van der Waals surface area contributed by atoms with Gasteiger partial charge in [-0.1, -0.05) is 30.0 Å². The van der Waals surface area contributed by atoms with E-state index in [-0.39, 0.29) is 6.17 Å². The van der Waals surface area contributed by atoms with Crippen LogP contribution in [0.1, 0.15) is 11.1 Å². The summed E-state index contributed by atoms with van der Waals surface area (Å²) < 4.78 is 39.2. The molecule has 0 fully saturated rings. The first-order valence-electron chi connectivity index (χ1n) is 8.53. The highest BCUT2D eigenvalue weighted by molar-refractivity contribution is 8.39. The lowest BCUT2D eigenvalue weighted by atomic mass is 9.97. The molecule has 0 saturated carbocycles. The number of halogens is 3. The zero-order chi connectivity index (χ0) is 19.9. The molecule has 4 nitrogen and oxygen atoms in total. The normalized spacial score (nSPS) is 23.8. The fraction of sp³-hybridized carbons (Fsp3) is 0.316. The van der Waals surface area contributed by atoms with Crippen LogP contribution in [0.3, 0.4) is 0 Å². The van der Waals surface area contributed by atoms with Crippen LogP contribution in [-0.4, -0.2) is 30.5 Å². The van der Waals surface area contributed by atoms with Gasteiger partial charge >= 0.3 is 6.18 Å². The van der Waals surface area contributed by atoms with Crippen LogP contribution in [-0.2, 0) is 15.8 Å². The highest BCUT2D eigenvalue weighted by Gasteiger charge is 2.55. The molecule has 2 aliphatic heterocycles. The molecule has 2 aliphatic rings. The van der Waals surface area contributed by atoms with E-state index in [0.717, 1.165) is 27.8 Å². The smallest absolute Gasteiger partial charge is 0.362 e. The number of hydrogen-bond acceptors (Lipinski definition) is 6. The van der Waals surface area contributed by atoms with Crippen molar-refractivity contribution in [3.05, 3.63) is 59.7 Å². The monoisotopic (exact) mass is 425 g/mol. The van der Waals surface area contributed by atoms with E-state index in [9.17, 15) is 13.2 Å². The number of anilines is 2. The summed E-state index contributed by atoms with van der Waals surface area (Å²) in [6.45, 7) is 0.559. The number of nitrogens with zero attached hydrogens (tertiary/aromatic N) is 2. The van der Waals surface area contributed by atoms with Crippen LogP contribution in [0.5, 0.6) is 0 Å². The number of fused-ring (bicyclic) bond motifs is 2. The van der Waals surface area contributed by atoms with E-state index in [1.54, 1.807) is 35.7 Å². The summed E-state index contributed by atoms with van der Waals surface area (Å²) in [7, 11) is 1.59. The van der Waals surface area contributed by atoms with Gasteiger partial charge in [-0.15, -0.1) is 11.8 Å². The van der Waals surface area contributed by atoms with Crippen molar-refractivity contribution >= 4 is 39.3 Å². The molecule has 1 spiro atoms. The van der Waals surface area contributed by atoms with Crippen LogP contribution in [0.15, 0.2) is 53.5 Å². The Morgan fingerprint density at radius 3 is 2.54 bits per heavy atom. The molecule has 1 N–H and O–H groups in total. The molecule has 0 amide bonds. The Morgan fingerprint density at radius 2 is 1.93 bits per heavy atom. The van der Waals surface area contributed by atoms with Crippen LogP contribution >= 0.6 is 23.5 Å². The van der Waals surface area contributed by atoms with E-state index in [1.807, 2.05) is 24.5 Å². The Kier molecular flexibility index (Phi) is 5.01. The fourth-order valence-corrected chi connectivity index (χ4v) is 5.67. The molecule has 2 aromatic rings. The molecule has 4 rings (SSSR count). The van der Waals surface area contributed by atoms with Crippen molar-refractivity contribution in [2.45, 2.75) is 17.1 Å². The summed E-state index contributed by atoms with van der Waals surface area (Å²) in [4.78, 5) is 10.3. The quantitative estimate of drug-likeness (QED) is 0.733. The second-order valence-electron chi connectivity index (χ2n) is 6.43. The number of aliphatic imine (C=N–C) groups is 1. The van der Waals surface area contributed by atoms with Crippen molar-refractivity contribution in [1.82, 2.24) is 0 Å². The zero-order valence-corrected chi connectivity index (χ0v) is 16.8. The molecule has 0 radical (unpaired) electrons. The molecule has 9 heteroatoms. The Bertz CT molecular complexity index is 904. The second kappa shape index (κ2) is 7.20. The summed E-state index contributed by atoms with van der Waals surface area (Å²) in [5.74, 6) is 0. The second-order valence-corrected chi connectivity index (χ2v) is 8.80. The molecular weight excluding hydrogens is 407 g/mol. The Morgan fingerprint density at radius 1 is 1.21 bits per heavy atom. The molecule has 148 valence electrons. The number of alkyl halides is 3. The van der Waals surface area contributed by atoms with Crippen molar-refractivity contribution < 1.29 is 18.0 Å². The Hall–Kier alpha value is -1.84. The van der Waals surface area contributed by atoms with Gasteiger partial charge in [0.25, 0.3) is 0 Å². The predicted molar refractivity (Wildman–Crippen MR) is 110 cm³/mol. The molecule has 0 bridgehead atoms. The first kappa shape index (κ1) is 19.5. The minimum absolute atomic E-state index is 0.329. The lowest BCUT2D eigenvalue weighted by molar-refractivity contribution is -0.137. The van der Waals surface area contributed by atoms with Gasteiger partial charge in [-0.2, -0.15) is 13.2 Å². The summed E-state index contributed by atoms with van der Waals surface area (Å²) in [6, 6.07) is 13.0. The number of para-hydroxylation sites is 1. The van der Waals surface area contributed by atoms with Gasteiger partial charge in [-0.25, -0.2) is 5.06 Å². The molecule has 2 aromatic carbocycles. The lowest BCUT2D eigenvalue weighted by Crippen LogP contribution is -2.48. The highest BCUT2D eigenvalue weighted by atomic mass is 32.2. The number of thioether (sulfide) groups is 2. The maximum atomic E-state index is 12.9.